The Balaban J connectivity index is 0.00000338. The van der Waals surface area contributed by atoms with E-state index in [0.717, 1.165) is 31.2 Å². The van der Waals surface area contributed by atoms with Crippen LogP contribution in [0.4, 0.5) is 0 Å². The van der Waals surface area contributed by atoms with Crippen molar-refractivity contribution in [2.45, 2.75) is 39.2 Å². The van der Waals surface area contributed by atoms with Crippen molar-refractivity contribution in [3.8, 4) is 5.75 Å². The molecule has 2 rings (SSSR count). The smallest absolute Gasteiger partial charge is 0.191 e. The second-order valence-electron chi connectivity index (χ2n) is 7.03. The highest BCUT2D eigenvalue weighted by Crippen LogP contribution is 2.17. The van der Waals surface area contributed by atoms with Gasteiger partial charge in [0.15, 0.2) is 5.96 Å². The Labute approximate surface area is 176 Å². The molecule has 0 aliphatic carbocycles. The zero-order chi connectivity index (χ0) is 18.1. The number of halogens is 1. The third-order valence-corrected chi connectivity index (χ3v) is 4.95. The lowest BCUT2D eigenvalue weighted by Crippen LogP contribution is -2.48. The maximum Gasteiger partial charge on any atom is 0.191 e. The third-order valence-electron chi connectivity index (χ3n) is 4.95. The van der Waals surface area contributed by atoms with Crippen LogP contribution in [0.25, 0.3) is 0 Å². The van der Waals surface area contributed by atoms with Gasteiger partial charge >= 0.3 is 0 Å². The van der Waals surface area contributed by atoms with E-state index in [2.05, 4.69) is 46.5 Å². The topological polar surface area (TPSA) is 48.9 Å². The molecule has 1 unspecified atom stereocenters. The Hall–Kier alpha value is -1.02. The van der Waals surface area contributed by atoms with Gasteiger partial charge in [0, 0.05) is 26.2 Å². The van der Waals surface area contributed by atoms with Crippen molar-refractivity contribution < 1.29 is 4.74 Å². The molecular weight excluding hydrogens is 439 g/mol. The van der Waals surface area contributed by atoms with Gasteiger partial charge in [0.25, 0.3) is 0 Å². The molecule has 0 saturated carbocycles. The Morgan fingerprint density at radius 1 is 1.15 bits per heavy atom. The van der Waals surface area contributed by atoms with Crippen LogP contribution in [0.1, 0.15) is 32.3 Å². The molecule has 0 spiro atoms. The van der Waals surface area contributed by atoms with Crippen LogP contribution in [-0.4, -0.2) is 57.2 Å². The van der Waals surface area contributed by atoms with Gasteiger partial charge in [-0.05, 0) is 56.0 Å². The van der Waals surface area contributed by atoms with Crippen LogP contribution in [0.15, 0.2) is 29.3 Å². The van der Waals surface area contributed by atoms with Crippen molar-refractivity contribution >= 4 is 29.9 Å². The lowest BCUT2D eigenvalue weighted by atomic mass is 10.0. The Morgan fingerprint density at radius 3 is 2.35 bits per heavy atom. The molecule has 1 aliphatic rings. The summed E-state index contributed by atoms with van der Waals surface area (Å²) in [5.41, 5.74) is 1.29. The number of hydrogen-bond donors (Lipinski definition) is 2. The number of methoxy groups -OCH3 is 1. The van der Waals surface area contributed by atoms with Gasteiger partial charge in [0.2, 0.25) is 0 Å². The first-order valence-electron chi connectivity index (χ1n) is 9.45. The lowest BCUT2D eigenvalue weighted by Gasteiger charge is -2.31. The molecule has 0 aromatic heterocycles. The minimum atomic E-state index is 0. The van der Waals surface area contributed by atoms with E-state index in [9.17, 15) is 0 Å². The first-order valence-corrected chi connectivity index (χ1v) is 9.45. The maximum atomic E-state index is 5.20. The van der Waals surface area contributed by atoms with Crippen molar-refractivity contribution in [1.82, 2.24) is 15.5 Å². The van der Waals surface area contributed by atoms with Gasteiger partial charge in [-0.2, -0.15) is 0 Å². The van der Waals surface area contributed by atoms with E-state index in [0.29, 0.717) is 12.0 Å². The normalized spacial score (nSPS) is 16.3. The summed E-state index contributed by atoms with van der Waals surface area (Å²) in [7, 11) is 3.53. The molecule has 1 aliphatic heterocycles. The summed E-state index contributed by atoms with van der Waals surface area (Å²) in [5.74, 6) is 2.43. The summed E-state index contributed by atoms with van der Waals surface area (Å²) in [6, 6.07) is 8.80. The highest BCUT2D eigenvalue weighted by molar-refractivity contribution is 14.0. The standard InChI is InChI=1S/C20H34N4O.HI/c1-16(2)19(24-13-5-6-14-24)15-23-20(21-3)22-12-11-17-7-9-18(25-4)10-8-17;/h7-10,16,19H,5-6,11-15H2,1-4H3,(H2,21,22,23);1H. The molecule has 0 bridgehead atoms. The highest BCUT2D eigenvalue weighted by Gasteiger charge is 2.24. The number of nitrogens with zero attached hydrogens (tertiary/aromatic N) is 2. The number of nitrogens with one attached hydrogen (secondary N) is 2. The molecule has 1 saturated heterocycles. The van der Waals surface area contributed by atoms with Gasteiger partial charge in [0.05, 0.1) is 7.11 Å². The average molecular weight is 474 g/mol. The number of ether oxygens (including phenoxy) is 1. The van der Waals surface area contributed by atoms with E-state index in [-0.39, 0.29) is 24.0 Å². The number of benzene rings is 1. The van der Waals surface area contributed by atoms with Gasteiger partial charge in [-0.15, -0.1) is 24.0 Å². The fourth-order valence-corrected chi connectivity index (χ4v) is 3.40. The van der Waals surface area contributed by atoms with Gasteiger partial charge < -0.3 is 15.4 Å². The summed E-state index contributed by atoms with van der Waals surface area (Å²) in [5, 5.41) is 6.93. The molecule has 1 aromatic carbocycles. The largest absolute Gasteiger partial charge is 0.497 e. The van der Waals surface area contributed by atoms with E-state index in [4.69, 9.17) is 4.74 Å². The molecule has 5 nitrogen and oxygen atoms in total. The minimum Gasteiger partial charge on any atom is -0.497 e. The summed E-state index contributed by atoms with van der Waals surface area (Å²) in [4.78, 5) is 6.97. The SMILES string of the molecule is CN=C(NCCc1ccc(OC)cc1)NCC(C(C)C)N1CCCC1.I. The van der Waals surface area contributed by atoms with Crippen LogP contribution < -0.4 is 15.4 Å². The van der Waals surface area contributed by atoms with E-state index < -0.39 is 0 Å². The summed E-state index contributed by atoms with van der Waals surface area (Å²) in [6.45, 7) is 8.89. The first kappa shape index (κ1) is 23.0. The van der Waals surface area contributed by atoms with Gasteiger partial charge in [-0.25, -0.2) is 0 Å². The van der Waals surface area contributed by atoms with Gasteiger partial charge in [-0.1, -0.05) is 26.0 Å². The van der Waals surface area contributed by atoms with Crippen LogP contribution in [0.3, 0.4) is 0 Å². The Bertz CT molecular complexity index is 527. The molecule has 1 atom stereocenters. The number of rotatable bonds is 8. The predicted octanol–water partition coefficient (Wildman–Crippen LogP) is 3.14. The van der Waals surface area contributed by atoms with Crippen molar-refractivity contribution in [2.75, 3.05) is 40.3 Å². The number of likely N-dealkylation sites (tertiary alicyclic amines) is 1. The van der Waals surface area contributed by atoms with E-state index >= 15 is 0 Å². The fraction of sp³-hybridized carbons (Fsp3) is 0.650. The first-order chi connectivity index (χ1) is 12.1. The second kappa shape index (κ2) is 12.4. The van der Waals surface area contributed by atoms with Crippen LogP contribution in [0.5, 0.6) is 5.75 Å². The summed E-state index contributed by atoms with van der Waals surface area (Å²) < 4.78 is 5.20. The number of guanidine groups is 1. The lowest BCUT2D eigenvalue weighted by molar-refractivity contribution is 0.192. The van der Waals surface area contributed by atoms with Gasteiger partial charge in [-0.3, -0.25) is 9.89 Å². The molecule has 26 heavy (non-hydrogen) atoms. The Morgan fingerprint density at radius 2 is 1.81 bits per heavy atom. The highest BCUT2D eigenvalue weighted by atomic mass is 127. The number of hydrogen-bond acceptors (Lipinski definition) is 3. The van der Waals surface area contributed by atoms with Crippen molar-refractivity contribution in [1.29, 1.82) is 0 Å². The van der Waals surface area contributed by atoms with E-state index in [1.165, 1.54) is 31.5 Å². The van der Waals surface area contributed by atoms with E-state index in [1.807, 2.05) is 19.2 Å². The third kappa shape index (κ3) is 7.31. The zero-order valence-electron chi connectivity index (χ0n) is 16.6. The average Bonchev–Trinajstić information content (AvgIpc) is 3.15. The van der Waals surface area contributed by atoms with Crippen molar-refractivity contribution in [2.24, 2.45) is 10.9 Å². The van der Waals surface area contributed by atoms with Crippen molar-refractivity contribution in [3.63, 3.8) is 0 Å². The van der Waals surface area contributed by atoms with E-state index in [1.54, 1.807) is 7.11 Å². The molecule has 1 heterocycles. The van der Waals surface area contributed by atoms with Crippen LogP contribution in [-0.2, 0) is 6.42 Å². The predicted molar refractivity (Wildman–Crippen MR) is 121 cm³/mol. The number of aliphatic imine (C=N–C) groups is 1. The van der Waals surface area contributed by atoms with Crippen LogP contribution >= 0.6 is 24.0 Å². The summed E-state index contributed by atoms with van der Waals surface area (Å²) >= 11 is 0. The Kier molecular flexibility index (Phi) is 11.0. The van der Waals surface area contributed by atoms with Crippen molar-refractivity contribution in [3.05, 3.63) is 29.8 Å². The molecule has 148 valence electrons. The molecule has 6 heteroatoms. The summed E-state index contributed by atoms with van der Waals surface area (Å²) in [6.07, 6.45) is 3.63. The molecular formula is C20H35IN4O. The molecule has 0 radical (unpaired) electrons. The monoisotopic (exact) mass is 474 g/mol. The molecule has 1 fully saturated rings. The minimum absolute atomic E-state index is 0. The molecule has 2 N–H and O–H groups in total. The zero-order valence-corrected chi connectivity index (χ0v) is 19.0. The molecule has 1 aromatic rings. The van der Waals surface area contributed by atoms with Crippen LogP contribution in [0, 0.1) is 5.92 Å². The maximum absolute atomic E-state index is 5.20. The second-order valence-corrected chi connectivity index (χ2v) is 7.03. The fourth-order valence-electron chi connectivity index (χ4n) is 3.40. The quantitative estimate of drug-likeness (QED) is 0.346. The van der Waals surface area contributed by atoms with Crippen LogP contribution in [0.2, 0.25) is 0 Å². The molecule has 0 amide bonds. The van der Waals surface area contributed by atoms with Gasteiger partial charge in [0.1, 0.15) is 5.75 Å².